The summed E-state index contributed by atoms with van der Waals surface area (Å²) in [5.41, 5.74) is 2.28. The number of rotatable bonds is 0. The third-order valence-corrected chi connectivity index (χ3v) is 1.10. The first-order chi connectivity index (χ1) is 3.72. The van der Waals surface area contributed by atoms with E-state index in [1.807, 2.05) is 0 Å². The first kappa shape index (κ1) is 5.08. The predicted octanol–water partition coefficient (Wildman–Crippen LogP) is 0.112. The fourth-order valence-corrected chi connectivity index (χ4v) is 0.418. The molecule has 0 aromatic heterocycles. The maximum Gasteiger partial charge on any atom is 0.225 e. The highest BCUT2D eigenvalue weighted by atomic mass is 16.7. The van der Waals surface area contributed by atoms with Gasteiger partial charge in [0.25, 0.3) is 0 Å². The average molecular weight is 113 g/mol. The largest absolute Gasteiger partial charge is 0.365 e. The van der Waals surface area contributed by atoms with Crippen LogP contribution in [0.4, 0.5) is 0 Å². The van der Waals surface area contributed by atoms with E-state index >= 15 is 0 Å². The highest BCUT2D eigenvalue weighted by molar-refractivity contribution is 6.03. The van der Waals surface area contributed by atoms with Crippen LogP contribution in [0.15, 0.2) is 0 Å². The van der Waals surface area contributed by atoms with Gasteiger partial charge in [0.05, 0.1) is 5.92 Å². The monoisotopic (exact) mass is 113 g/mol. The molecule has 4 heteroatoms. The third-order valence-electron chi connectivity index (χ3n) is 1.10. The topological polar surface area (TPSA) is 69.0 Å². The molecule has 4 nitrogen and oxygen atoms in total. The number of amidine groups is 1. The molecule has 0 amide bonds. The Morgan fingerprint density at radius 3 is 2.38 bits per heavy atom. The van der Waals surface area contributed by atoms with Crippen LogP contribution in [0.2, 0.25) is 0 Å². The summed E-state index contributed by atoms with van der Waals surface area (Å²) in [7, 11) is 0. The van der Waals surface area contributed by atoms with Crippen molar-refractivity contribution in [3.8, 4) is 0 Å². The molecule has 1 heterocycles. The van der Waals surface area contributed by atoms with Crippen LogP contribution in [0.1, 0.15) is 6.92 Å². The van der Waals surface area contributed by atoms with Crippen LogP contribution < -0.4 is 5.48 Å². The van der Waals surface area contributed by atoms with Gasteiger partial charge in [-0.05, 0) is 6.92 Å². The number of hydroxylamine groups is 1. The van der Waals surface area contributed by atoms with E-state index in [0.717, 1.165) is 0 Å². The highest BCUT2D eigenvalue weighted by Gasteiger charge is 2.23. The second-order valence-electron chi connectivity index (χ2n) is 1.70. The van der Waals surface area contributed by atoms with Crippen molar-refractivity contribution >= 4 is 11.7 Å². The van der Waals surface area contributed by atoms with E-state index in [1.165, 1.54) is 0 Å². The van der Waals surface area contributed by atoms with E-state index in [2.05, 4.69) is 10.3 Å². The standard InChI is InChI=1S/C4H7N3O/c1-2-3(5)7-8-4(2)6/h2,6H,1H3,(H2,5,7). The van der Waals surface area contributed by atoms with Gasteiger partial charge in [0, 0.05) is 0 Å². The van der Waals surface area contributed by atoms with Gasteiger partial charge in [-0.2, -0.15) is 0 Å². The lowest BCUT2D eigenvalue weighted by atomic mass is 10.2. The normalized spacial score (nSPS) is 27.4. The Morgan fingerprint density at radius 2 is 2.25 bits per heavy atom. The first-order valence-electron chi connectivity index (χ1n) is 2.31. The van der Waals surface area contributed by atoms with E-state index in [1.54, 1.807) is 6.92 Å². The van der Waals surface area contributed by atoms with E-state index in [0.29, 0.717) is 0 Å². The molecule has 0 bridgehead atoms. The summed E-state index contributed by atoms with van der Waals surface area (Å²) in [6, 6.07) is 0. The molecule has 0 aliphatic carbocycles. The van der Waals surface area contributed by atoms with Crippen LogP contribution in [-0.4, -0.2) is 11.7 Å². The van der Waals surface area contributed by atoms with Gasteiger partial charge < -0.3 is 4.84 Å². The van der Waals surface area contributed by atoms with Crippen LogP contribution in [-0.2, 0) is 4.84 Å². The molecular weight excluding hydrogens is 106 g/mol. The van der Waals surface area contributed by atoms with Crippen LogP contribution in [0, 0.1) is 16.7 Å². The minimum Gasteiger partial charge on any atom is -0.365 e. The van der Waals surface area contributed by atoms with Crippen molar-refractivity contribution in [3.63, 3.8) is 0 Å². The Bertz CT molecular complexity index is 126. The molecule has 1 aliphatic heterocycles. The lowest BCUT2D eigenvalue weighted by Gasteiger charge is -1.89. The summed E-state index contributed by atoms with van der Waals surface area (Å²) in [4.78, 5) is 4.49. The van der Waals surface area contributed by atoms with Gasteiger partial charge in [0.1, 0.15) is 5.84 Å². The summed E-state index contributed by atoms with van der Waals surface area (Å²) >= 11 is 0. The molecule has 0 aromatic rings. The zero-order valence-electron chi connectivity index (χ0n) is 4.49. The molecule has 44 valence electrons. The average Bonchev–Trinajstić information content (AvgIpc) is 1.98. The molecule has 1 atom stereocenters. The minimum atomic E-state index is -0.185. The van der Waals surface area contributed by atoms with Crippen LogP contribution in [0.5, 0.6) is 0 Å². The Labute approximate surface area is 46.8 Å². The Hall–Kier alpha value is -1.06. The molecular formula is C4H7N3O. The first-order valence-corrected chi connectivity index (χ1v) is 2.31. The maximum absolute atomic E-state index is 7.01. The number of nitrogens with one attached hydrogen (secondary N) is 3. The minimum absolute atomic E-state index is 0.120. The second-order valence-corrected chi connectivity index (χ2v) is 1.70. The molecule has 0 aromatic carbocycles. The van der Waals surface area contributed by atoms with Crippen LogP contribution in [0.3, 0.4) is 0 Å². The smallest absolute Gasteiger partial charge is 0.225 e. The van der Waals surface area contributed by atoms with Crippen molar-refractivity contribution in [2.45, 2.75) is 6.92 Å². The van der Waals surface area contributed by atoms with Gasteiger partial charge in [0.15, 0.2) is 0 Å². The predicted molar refractivity (Wildman–Crippen MR) is 28.8 cm³/mol. The number of hydrogen-bond donors (Lipinski definition) is 3. The molecule has 0 radical (unpaired) electrons. The zero-order valence-corrected chi connectivity index (χ0v) is 4.49. The lowest BCUT2D eigenvalue weighted by molar-refractivity contribution is 0.259. The van der Waals surface area contributed by atoms with Crippen molar-refractivity contribution in [2.24, 2.45) is 5.92 Å². The van der Waals surface area contributed by atoms with E-state index < -0.39 is 0 Å². The van der Waals surface area contributed by atoms with E-state index in [-0.39, 0.29) is 17.7 Å². The molecule has 1 fully saturated rings. The fraction of sp³-hybridized carbons (Fsp3) is 0.500. The third kappa shape index (κ3) is 0.538. The van der Waals surface area contributed by atoms with Crippen molar-refractivity contribution in [3.05, 3.63) is 0 Å². The van der Waals surface area contributed by atoms with Gasteiger partial charge in [0.2, 0.25) is 5.90 Å². The Balaban J connectivity index is 2.70. The molecule has 0 saturated carbocycles. The summed E-state index contributed by atoms with van der Waals surface area (Å²) in [6.07, 6.45) is 0. The lowest BCUT2D eigenvalue weighted by Crippen LogP contribution is -2.15. The Morgan fingerprint density at radius 1 is 1.62 bits per heavy atom. The number of hydrogen-bond acceptors (Lipinski definition) is 3. The van der Waals surface area contributed by atoms with Gasteiger partial charge in [-0.15, -0.1) is 0 Å². The molecule has 3 N–H and O–H groups in total. The molecule has 8 heavy (non-hydrogen) atoms. The highest BCUT2D eigenvalue weighted by Crippen LogP contribution is 2.04. The van der Waals surface area contributed by atoms with Crippen molar-refractivity contribution in [1.29, 1.82) is 10.8 Å². The van der Waals surface area contributed by atoms with E-state index in [9.17, 15) is 0 Å². The SMILES string of the molecule is CC1C(=N)NOC1=N. The quantitative estimate of drug-likeness (QED) is 0.417. The summed E-state index contributed by atoms with van der Waals surface area (Å²) in [5.74, 6) is 0.194. The van der Waals surface area contributed by atoms with Gasteiger partial charge in [-0.25, -0.2) is 5.48 Å². The molecule has 1 unspecified atom stereocenters. The second kappa shape index (κ2) is 1.47. The Kier molecular flexibility index (Phi) is 0.932. The molecule has 1 saturated heterocycles. The van der Waals surface area contributed by atoms with Gasteiger partial charge >= 0.3 is 0 Å². The van der Waals surface area contributed by atoms with E-state index in [4.69, 9.17) is 10.8 Å². The molecule has 1 aliphatic rings. The fourth-order valence-electron chi connectivity index (χ4n) is 0.418. The van der Waals surface area contributed by atoms with Crippen LogP contribution >= 0.6 is 0 Å². The van der Waals surface area contributed by atoms with Crippen molar-refractivity contribution in [2.75, 3.05) is 0 Å². The molecule has 0 spiro atoms. The summed E-state index contributed by atoms with van der Waals surface area (Å²) in [6.45, 7) is 1.74. The molecule has 1 rings (SSSR count). The summed E-state index contributed by atoms with van der Waals surface area (Å²) in [5, 5.41) is 14.0. The summed E-state index contributed by atoms with van der Waals surface area (Å²) < 4.78 is 0. The van der Waals surface area contributed by atoms with Crippen LogP contribution in [0.25, 0.3) is 0 Å². The van der Waals surface area contributed by atoms with Crippen molar-refractivity contribution in [1.82, 2.24) is 5.48 Å². The van der Waals surface area contributed by atoms with Crippen molar-refractivity contribution < 1.29 is 4.84 Å². The van der Waals surface area contributed by atoms with Gasteiger partial charge in [-0.3, -0.25) is 10.8 Å². The maximum atomic E-state index is 7.01. The zero-order chi connectivity index (χ0) is 6.15. The van der Waals surface area contributed by atoms with Gasteiger partial charge in [-0.1, -0.05) is 0 Å².